The molecule has 2 rings (SSSR count). The Bertz CT molecular complexity index is 583. The van der Waals surface area contributed by atoms with Crippen LogP contribution in [0.15, 0.2) is 30.3 Å². The van der Waals surface area contributed by atoms with E-state index >= 15 is 0 Å². The molecule has 1 fully saturated rings. The van der Waals surface area contributed by atoms with Crippen molar-refractivity contribution >= 4 is 12.2 Å². The van der Waals surface area contributed by atoms with E-state index in [9.17, 15) is 9.59 Å². The maximum Gasteiger partial charge on any atom is 0.410 e. The number of rotatable bonds is 4. The first kappa shape index (κ1) is 19.1. The van der Waals surface area contributed by atoms with Crippen LogP contribution in [0, 0.1) is 5.92 Å². The maximum atomic E-state index is 12.3. The van der Waals surface area contributed by atoms with Crippen LogP contribution in [-0.4, -0.2) is 41.8 Å². The van der Waals surface area contributed by atoms with Crippen molar-refractivity contribution < 1.29 is 19.1 Å². The summed E-state index contributed by atoms with van der Waals surface area (Å²) in [5.41, 5.74) is 0.407. The first-order valence-corrected chi connectivity index (χ1v) is 8.73. The van der Waals surface area contributed by atoms with E-state index in [1.165, 1.54) is 0 Å². The van der Waals surface area contributed by atoms with E-state index in [2.05, 4.69) is 5.32 Å². The lowest BCUT2D eigenvalue weighted by atomic mass is 10.0. The van der Waals surface area contributed by atoms with Crippen LogP contribution in [0.3, 0.4) is 0 Å². The first-order chi connectivity index (χ1) is 11.8. The van der Waals surface area contributed by atoms with Crippen LogP contribution >= 0.6 is 0 Å². The molecule has 0 unspecified atom stereocenters. The van der Waals surface area contributed by atoms with Crippen LogP contribution in [0.4, 0.5) is 9.59 Å². The van der Waals surface area contributed by atoms with Gasteiger partial charge in [-0.05, 0) is 38.7 Å². The molecule has 1 aromatic rings. The maximum absolute atomic E-state index is 12.3. The second-order valence-corrected chi connectivity index (χ2v) is 7.37. The van der Waals surface area contributed by atoms with Crippen LogP contribution in [-0.2, 0) is 16.1 Å². The number of likely N-dealkylation sites (tertiary alicyclic amines) is 1. The summed E-state index contributed by atoms with van der Waals surface area (Å²) in [6.45, 7) is 8.78. The molecule has 0 saturated carbocycles. The number of nitrogens with one attached hydrogen (secondary N) is 1. The number of amides is 2. The van der Waals surface area contributed by atoms with E-state index in [1.54, 1.807) is 4.90 Å². The van der Waals surface area contributed by atoms with E-state index in [4.69, 9.17) is 9.47 Å². The third-order valence-corrected chi connectivity index (χ3v) is 4.13. The molecule has 0 aliphatic carbocycles. The Morgan fingerprint density at radius 3 is 2.48 bits per heavy atom. The highest BCUT2D eigenvalue weighted by Gasteiger charge is 2.36. The van der Waals surface area contributed by atoms with Crippen molar-refractivity contribution in [1.82, 2.24) is 10.2 Å². The topological polar surface area (TPSA) is 67.9 Å². The molecule has 25 heavy (non-hydrogen) atoms. The van der Waals surface area contributed by atoms with Gasteiger partial charge >= 0.3 is 12.2 Å². The molecule has 1 heterocycles. The van der Waals surface area contributed by atoms with Gasteiger partial charge in [0.2, 0.25) is 0 Å². The highest BCUT2D eigenvalue weighted by Crippen LogP contribution is 2.22. The van der Waals surface area contributed by atoms with Gasteiger partial charge in [-0.15, -0.1) is 0 Å². The van der Waals surface area contributed by atoms with Gasteiger partial charge in [-0.25, -0.2) is 9.59 Å². The summed E-state index contributed by atoms with van der Waals surface area (Å²) < 4.78 is 10.7. The van der Waals surface area contributed by atoms with Gasteiger partial charge in [0.15, 0.2) is 0 Å². The number of carbonyl (C=O) groups excluding carboxylic acids is 2. The summed E-state index contributed by atoms with van der Waals surface area (Å²) in [5, 5.41) is 2.88. The molecule has 138 valence electrons. The van der Waals surface area contributed by atoms with E-state index in [1.807, 2.05) is 58.0 Å². The fraction of sp³-hybridized carbons (Fsp3) is 0.579. The molecule has 6 nitrogen and oxygen atoms in total. The highest BCUT2D eigenvalue weighted by molar-refractivity contribution is 5.70. The predicted molar refractivity (Wildman–Crippen MR) is 95.1 cm³/mol. The summed E-state index contributed by atoms with van der Waals surface area (Å²) in [7, 11) is 0. The molecule has 2 atom stereocenters. The fourth-order valence-corrected chi connectivity index (χ4v) is 2.87. The number of ether oxygens (including phenoxy) is 2. The van der Waals surface area contributed by atoms with Crippen molar-refractivity contribution in [2.75, 3.05) is 13.1 Å². The average molecular weight is 348 g/mol. The minimum absolute atomic E-state index is 0.121. The van der Waals surface area contributed by atoms with Gasteiger partial charge < -0.3 is 19.7 Å². The number of nitrogens with zero attached hydrogens (tertiary/aromatic N) is 1. The predicted octanol–water partition coefficient (Wildman–Crippen LogP) is 3.56. The SMILES string of the molecule is CC[C@@H]1CN(C(=O)OCc2ccccc2)C[C@@H]1NC(=O)OC(C)(C)C. The Labute approximate surface area is 149 Å². The fourth-order valence-electron chi connectivity index (χ4n) is 2.87. The summed E-state index contributed by atoms with van der Waals surface area (Å²) in [4.78, 5) is 25.9. The summed E-state index contributed by atoms with van der Waals surface area (Å²) in [5.74, 6) is 0.191. The Kier molecular flexibility index (Phi) is 6.28. The number of benzene rings is 1. The second-order valence-electron chi connectivity index (χ2n) is 7.37. The summed E-state index contributed by atoms with van der Waals surface area (Å²) in [6.07, 6.45) is 0.0642. The molecular formula is C19H28N2O4. The van der Waals surface area contributed by atoms with Gasteiger partial charge in [0.05, 0.1) is 6.04 Å². The van der Waals surface area contributed by atoms with Gasteiger partial charge in [0.25, 0.3) is 0 Å². The van der Waals surface area contributed by atoms with Gasteiger partial charge in [-0.2, -0.15) is 0 Å². The van der Waals surface area contributed by atoms with Crippen molar-refractivity contribution in [3.63, 3.8) is 0 Å². The molecule has 0 aromatic heterocycles. The number of hydrogen-bond donors (Lipinski definition) is 1. The van der Waals surface area contributed by atoms with Crippen LogP contribution in [0.2, 0.25) is 0 Å². The van der Waals surface area contributed by atoms with Gasteiger partial charge in [-0.1, -0.05) is 37.3 Å². The van der Waals surface area contributed by atoms with Crippen molar-refractivity contribution in [2.24, 2.45) is 5.92 Å². The van der Waals surface area contributed by atoms with Gasteiger partial charge in [0, 0.05) is 13.1 Å². The first-order valence-electron chi connectivity index (χ1n) is 8.73. The van der Waals surface area contributed by atoms with E-state index in [0.29, 0.717) is 13.1 Å². The molecule has 0 spiro atoms. The van der Waals surface area contributed by atoms with Crippen LogP contribution in [0.25, 0.3) is 0 Å². The van der Waals surface area contributed by atoms with E-state index in [-0.39, 0.29) is 24.7 Å². The highest BCUT2D eigenvalue weighted by atomic mass is 16.6. The van der Waals surface area contributed by atoms with Crippen LogP contribution < -0.4 is 5.32 Å². The largest absolute Gasteiger partial charge is 0.445 e. The molecule has 2 amide bonds. The number of carbonyl (C=O) groups is 2. The van der Waals surface area contributed by atoms with E-state index in [0.717, 1.165) is 12.0 Å². The van der Waals surface area contributed by atoms with Crippen LogP contribution in [0.5, 0.6) is 0 Å². The quantitative estimate of drug-likeness (QED) is 0.903. The molecule has 6 heteroatoms. The van der Waals surface area contributed by atoms with Gasteiger partial charge in [0.1, 0.15) is 12.2 Å². The molecule has 1 aliphatic heterocycles. The average Bonchev–Trinajstić information content (AvgIpc) is 2.94. The second kappa shape index (κ2) is 8.23. The molecule has 0 radical (unpaired) electrons. The molecular weight excluding hydrogens is 320 g/mol. The Morgan fingerprint density at radius 1 is 1.20 bits per heavy atom. The zero-order valence-corrected chi connectivity index (χ0v) is 15.5. The molecule has 1 saturated heterocycles. The van der Waals surface area contributed by atoms with E-state index < -0.39 is 11.7 Å². The van der Waals surface area contributed by atoms with Crippen molar-refractivity contribution in [3.8, 4) is 0 Å². The van der Waals surface area contributed by atoms with Crippen LogP contribution in [0.1, 0.15) is 39.7 Å². The smallest absolute Gasteiger partial charge is 0.410 e. The monoisotopic (exact) mass is 348 g/mol. The van der Waals surface area contributed by atoms with Crippen molar-refractivity contribution in [1.29, 1.82) is 0 Å². The lowest BCUT2D eigenvalue weighted by molar-refractivity contribution is 0.0493. The minimum Gasteiger partial charge on any atom is -0.445 e. The molecule has 0 bridgehead atoms. The normalized spacial score (nSPS) is 20.2. The lowest BCUT2D eigenvalue weighted by Crippen LogP contribution is -2.43. The zero-order chi connectivity index (χ0) is 18.4. The summed E-state index contributed by atoms with van der Waals surface area (Å²) >= 11 is 0. The molecule has 1 aromatic carbocycles. The Hall–Kier alpha value is -2.24. The number of alkyl carbamates (subject to hydrolysis) is 1. The third-order valence-electron chi connectivity index (χ3n) is 4.13. The molecule has 1 N–H and O–H groups in total. The third kappa shape index (κ3) is 5.96. The minimum atomic E-state index is -0.543. The van der Waals surface area contributed by atoms with Crippen molar-refractivity contribution in [3.05, 3.63) is 35.9 Å². The summed E-state index contributed by atoms with van der Waals surface area (Å²) in [6, 6.07) is 9.45. The van der Waals surface area contributed by atoms with Gasteiger partial charge in [-0.3, -0.25) is 0 Å². The van der Waals surface area contributed by atoms with Crippen molar-refractivity contribution in [2.45, 2.75) is 52.4 Å². The standard InChI is InChI=1S/C19H28N2O4/c1-5-15-11-21(12-16(15)20-17(22)25-19(2,3)4)18(23)24-13-14-9-7-6-8-10-14/h6-10,15-16H,5,11-13H2,1-4H3,(H,20,22)/t15-,16+/m1/s1. The number of hydrogen-bond acceptors (Lipinski definition) is 4. The molecule has 1 aliphatic rings. The zero-order valence-electron chi connectivity index (χ0n) is 15.5. The lowest BCUT2D eigenvalue weighted by Gasteiger charge is -2.23. The Morgan fingerprint density at radius 2 is 1.88 bits per heavy atom. The Balaban J connectivity index is 1.87.